The van der Waals surface area contributed by atoms with E-state index in [4.69, 9.17) is 8.83 Å². The quantitative estimate of drug-likeness (QED) is 0.206. The first-order valence-corrected chi connectivity index (χ1v) is 14.6. The number of aryl methyl sites for hydroxylation is 2. The Kier molecular flexibility index (Phi) is 6.16. The molecule has 0 amide bonds. The van der Waals surface area contributed by atoms with Crippen molar-refractivity contribution in [2.75, 3.05) is 0 Å². The standard InChI is InChI=1S/C39H27N3O2/c1-24-21-28(17-19-30(24)37-40-23-36(43-37)34-15-7-11-26-9-3-5-13-32(26)34)29-18-20-31(25(2)22-29)38-41-42-39(44-38)35-16-8-12-27-10-4-6-14-33(27)35/h3-23H,1-2H3. The van der Waals surface area contributed by atoms with E-state index in [1.165, 1.54) is 5.39 Å². The summed E-state index contributed by atoms with van der Waals surface area (Å²) in [6, 6.07) is 41.6. The lowest BCUT2D eigenvalue weighted by molar-refractivity contribution is 0.585. The molecule has 0 radical (unpaired) electrons. The Balaban J connectivity index is 1.07. The van der Waals surface area contributed by atoms with Crippen LogP contribution in [-0.2, 0) is 0 Å². The highest BCUT2D eigenvalue weighted by molar-refractivity contribution is 5.96. The summed E-state index contributed by atoms with van der Waals surface area (Å²) >= 11 is 0. The number of aromatic nitrogens is 3. The third kappa shape index (κ3) is 4.46. The molecule has 6 aromatic carbocycles. The van der Waals surface area contributed by atoms with Gasteiger partial charge in [-0.05, 0) is 75.8 Å². The van der Waals surface area contributed by atoms with Crippen LogP contribution < -0.4 is 0 Å². The fraction of sp³-hybridized carbons (Fsp3) is 0.0513. The summed E-state index contributed by atoms with van der Waals surface area (Å²) in [5.74, 6) is 2.40. The first kappa shape index (κ1) is 25.9. The molecule has 0 spiro atoms. The first-order chi connectivity index (χ1) is 21.6. The van der Waals surface area contributed by atoms with E-state index in [0.717, 1.165) is 66.4 Å². The largest absolute Gasteiger partial charge is 0.436 e. The average Bonchev–Trinajstić information content (AvgIpc) is 3.75. The van der Waals surface area contributed by atoms with Crippen molar-refractivity contribution in [3.63, 3.8) is 0 Å². The molecule has 210 valence electrons. The van der Waals surface area contributed by atoms with Crippen LogP contribution in [0.1, 0.15) is 11.1 Å². The lowest BCUT2D eigenvalue weighted by Gasteiger charge is -2.09. The van der Waals surface area contributed by atoms with Crippen LogP contribution >= 0.6 is 0 Å². The summed E-state index contributed by atoms with van der Waals surface area (Å²) in [6.07, 6.45) is 1.82. The maximum absolute atomic E-state index is 6.30. The third-order valence-electron chi connectivity index (χ3n) is 8.25. The number of benzene rings is 6. The molecule has 5 heteroatoms. The number of nitrogens with zero attached hydrogens (tertiary/aromatic N) is 3. The molecule has 2 heterocycles. The second kappa shape index (κ2) is 10.5. The SMILES string of the molecule is Cc1cc(-c2ccc(-c3nnc(-c4cccc5ccccc45)o3)c(C)c2)ccc1-c1ncc(-c2cccc3ccccc23)o1. The normalized spacial score (nSPS) is 11.4. The average molecular weight is 570 g/mol. The second-order valence-corrected chi connectivity index (χ2v) is 11.1. The molecule has 0 saturated heterocycles. The Morgan fingerprint density at radius 1 is 0.455 bits per heavy atom. The molecule has 8 aromatic rings. The monoisotopic (exact) mass is 569 g/mol. The van der Waals surface area contributed by atoms with E-state index in [1.54, 1.807) is 0 Å². The minimum Gasteiger partial charge on any atom is -0.436 e. The van der Waals surface area contributed by atoms with Crippen molar-refractivity contribution in [1.82, 2.24) is 15.2 Å². The number of rotatable bonds is 5. The molecule has 0 N–H and O–H groups in total. The minimum absolute atomic E-state index is 0.509. The molecule has 8 rings (SSSR count). The predicted molar refractivity (Wildman–Crippen MR) is 176 cm³/mol. The van der Waals surface area contributed by atoms with Gasteiger partial charge in [0.2, 0.25) is 17.7 Å². The summed E-state index contributed by atoms with van der Waals surface area (Å²) in [6.45, 7) is 4.17. The minimum atomic E-state index is 0.509. The molecular formula is C39H27N3O2. The van der Waals surface area contributed by atoms with E-state index in [0.29, 0.717) is 17.7 Å². The molecule has 0 aliphatic carbocycles. The van der Waals surface area contributed by atoms with Crippen molar-refractivity contribution in [1.29, 1.82) is 0 Å². The zero-order valence-corrected chi connectivity index (χ0v) is 24.3. The molecule has 0 fully saturated rings. The molecule has 0 atom stereocenters. The van der Waals surface area contributed by atoms with Crippen LogP contribution in [0.2, 0.25) is 0 Å². The molecule has 5 nitrogen and oxygen atoms in total. The van der Waals surface area contributed by atoms with Crippen molar-refractivity contribution in [3.8, 4) is 56.8 Å². The summed E-state index contributed by atoms with van der Waals surface area (Å²) in [5, 5.41) is 13.3. The van der Waals surface area contributed by atoms with Crippen molar-refractivity contribution >= 4 is 21.5 Å². The van der Waals surface area contributed by atoms with E-state index >= 15 is 0 Å². The van der Waals surface area contributed by atoms with Crippen LogP contribution in [0, 0.1) is 13.8 Å². The summed E-state index contributed by atoms with van der Waals surface area (Å²) < 4.78 is 12.5. The number of oxazole rings is 1. The summed E-state index contributed by atoms with van der Waals surface area (Å²) in [4.78, 5) is 4.64. The molecule has 0 aliphatic rings. The Labute approximate surface area is 254 Å². The van der Waals surface area contributed by atoms with Crippen molar-refractivity contribution in [2.24, 2.45) is 0 Å². The molecule has 0 saturated carbocycles. The molecule has 44 heavy (non-hydrogen) atoms. The highest BCUT2D eigenvalue weighted by Crippen LogP contribution is 2.36. The van der Waals surface area contributed by atoms with Crippen LogP contribution in [0.4, 0.5) is 0 Å². The van der Waals surface area contributed by atoms with Gasteiger partial charge in [0.1, 0.15) is 0 Å². The van der Waals surface area contributed by atoms with Gasteiger partial charge in [0.15, 0.2) is 5.76 Å². The Morgan fingerprint density at radius 2 is 0.977 bits per heavy atom. The zero-order chi connectivity index (χ0) is 29.6. The van der Waals surface area contributed by atoms with E-state index in [2.05, 4.69) is 114 Å². The maximum atomic E-state index is 6.30. The second-order valence-electron chi connectivity index (χ2n) is 11.1. The summed E-state index contributed by atoms with van der Waals surface area (Å²) in [5.41, 5.74) is 8.24. The van der Waals surface area contributed by atoms with E-state index in [1.807, 2.05) is 42.6 Å². The highest BCUT2D eigenvalue weighted by atomic mass is 16.4. The van der Waals surface area contributed by atoms with Gasteiger partial charge in [0.25, 0.3) is 0 Å². The Bertz CT molecular complexity index is 2150. The zero-order valence-electron chi connectivity index (χ0n) is 24.3. The molecule has 2 aromatic heterocycles. The van der Waals surface area contributed by atoms with E-state index in [-0.39, 0.29) is 0 Å². The highest BCUT2D eigenvalue weighted by Gasteiger charge is 2.17. The van der Waals surface area contributed by atoms with Crippen molar-refractivity contribution in [3.05, 3.63) is 139 Å². The van der Waals surface area contributed by atoms with E-state index in [9.17, 15) is 0 Å². The van der Waals surface area contributed by atoms with Gasteiger partial charge < -0.3 is 8.83 Å². The number of hydrogen-bond acceptors (Lipinski definition) is 5. The lowest BCUT2D eigenvalue weighted by atomic mass is 9.96. The van der Waals surface area contributed by atoms with Gasteiger partial charge in [-0.1, -0.05) is 103 Å². The molecular weight excluding hydrogens is 542 g/mol. The fourth-order valence-corrected chi connectivity index (χ4v) is 5.98. The fourth-order valence-electron chi connectivity index (χ4n) is 5.98. The van der Waals surface area contributed by atoms with Gasteiger partial charge >= 0.3 is 0 Å². The van der Waals surface area contributed by atoms with Crippen molar-refractivity contribution < 1.29 is 8.83 Å². The van der Waals surface area contributed by atoms with Gasteiger partial charge in [0.05, 0.1) is 6.20 Å². The van der Waals surface area contributed by atoms with Gasteiger partial charge in [-0.15, -0.1) is 10.2 Å². The number of hydrogen-bond donors (Lipinski definition) is 0. The van der Waals surface area contributed by atoms with Crippen LogP contribution in [0.3, 0.4) is 0 Å². The van der Waals surface area contributed by atoms with Crippen LogP contribution in [0.15, 0.2) is 136 Å². The van der Waals surface area contributed by atoms with Crippen LogP contribution in [0.5, 0.6) is 0 Å². The lowest BCUT2D eigenvalue weighted by Crippen LogP contribution is -1.88. The van der Waals surface area contributed by atoms with Crippen LogP contribution in [0.25, 0.3) is 78.4 Å². The molecule has 0 aliphatic heterocycles. The predicted octanol–water partition coefficient (Wildman–Crippen LogP) is 10.3. The van der Waals surface area contributed by atoms with E-state index < -0.39 is 0 Å². The number of fused-ring (bicyclic) bond motifs is 2. The van der Waals surface area contributed by atoms with Gasteiger partial charge in [0, 0.05) is 22.3 Å². The third-order valence-corrected chi connectivity index (χ3v) is 8.25. The van der Waals surface area contributed by atoms with Gasteiger partial charge in [-0.2, -0.15) is 0 Å². The maximum Gasteiger partial charge on any atom is 0.248 e. The topological polar surface area (TPSA) is 65.0 Å². The van der Waals surface area contributed by atoms with Crippen LogP contribution in [-0.4, -0.2) is 15.2 Å². The molecule has 0 bridgehead atoms. The first-order valence-electron chi connectivity index (χ1n) is 14.6. The van der Waals surface area contributed by atoms with Crippen molar-refractivity contribution in [2.45, 2.75) is 13.8 Å². The summed E-state index contributed by atoms with van der Waals surface area (Å²) in [7, 11) is 0. The van der Waals surface area contributed by atoms with Gasteiger partial charge in [-0.3, -0.25) is 0 Å². The smallest absolute Gasteiger partial charge is 0.248 e. The Hall–Kier alpha value is -5.81. The Morgan fingerprint density at radius 3 is 1.61 bits per heavy atom. The van der Waals surface area contributed by atoms with Gasteiger partial charge in [-0.25, -0.2) is 4.98 Å². The molecule has 0 unspecified atom stereocenters.